The summed E-state index contributed by atoms with van der Waals surface area (Å²) in [6.45, 7) is 0.187. The van der Waals surface area contributed by atoms with Crippen molar-refractivity contribution in [2.24, 2.45) is 0 Å². The van der Waals surface area contributed by atoms with E-state index in [0.717, 1.165) is 5.56 Å². The molecule has 21 heavy (non-hydrogen) atoms. The van der Waals surface area contributed by atoms with E-state index in [9.17, 15) is 9.59 Å². The van der Waals surface area contributed by atoms with Gasteiger partial charge in [0.2, 0.25) is 0 Å². The zero-order valence-corrected chi connectivity index (χ0v) is 12.7. The monoisotopic (exact) mass is 348 g/mol. The predicted octanol–water partition coefficient (Wildman–Crippen LogP) is 3.41. The first-order valence-electron chi connectivity index (χ1n) is 6.22. The number of anilines is 1. The lowest BCUT2D eigenvalue weighted by atomic mass is 10.2. The van der Waals surface area contributed by atoms with Gasteiger partial charge in [-0.2, -0.15) is 0 Å². The highest BCUT2D eigenvalue weighted by Gasteiger charge is 2.07. The standard InChI is InChI=1S/C15H13BrN2O3/c16-8-13(19)12-6-7-14(17-9-12)18-15(20)21-10-11-4-2-1-3-5-11/h1-7,9H,8,10H2,(H,17,18,20). The molecule has 108 valence electrons. The van der Waals surface area contributed by atoms with Crippen LogP contribution in [0.4, 0.5) is 10.6 Å². The molecule has 0 aliphatic heterocycles. The van der Waals surface area contributed by atoms with Crippen LogP contribution in [0.25, 0.3) is 0 Å². The number of hydrogen-bond acceptors (Lipinski definition) is 4. The van der Waals surface area contributed by atoms with Crippen molar-refractivity contribution in [2.45, 2.75) is 6.61 Å². The molecule has 1 amide bonds. The molecule has 0 bridgehead atoms. The molecule has 0 atom stereocenters. The lowest BCUT2D eigenvalue weighted by Gasteiger charge is -2.06. The topological polar surface area (TPSA) is 68.3 Å². The van der Waals surface area contributed by atoms with E-state index < -0.39 is 6.09 Å². The van der Waals surface area contributed by atoms with Crippen LogP contribution in [0.5, 0.6) is 0 Å². The van der Waals surface area contributed by atoms with Crippen LogP contribution in [-0.4, -0.2) is 22.2 Å². The van der Waals surface area contributed by atoms with Gasteiger partial charge >= 0.3 is 6.09 Å². The first kappa shape index (κ1) is 15.2. The Bertz CT molecular complexity index is 615. The van der Waals surface area contributed by atoms with E-state index in [2.05, 4.69) is 26.2 Å². The minimum Gasteiger partial charge on any atom is -0.444 e. The Kier molecular flexibility index (Phi) is 5.45. The smallest absolute Gasteiger partial charge is 0.413 e. The average molecular weight is 349 g/mol. The van der Waals surface area contributed by atoms with Gasteiger partial charge < -0.3 is 4.74 Å². The Morgan fingerprint density at radius 1 is 1.14 bits per heavy atom. The SMILES string of the molecule is O=C(Nc1ccc(C(=O)CBr)cn1)OCc1ccccc1. The summed E-state index contributed by atoms with van der Waals surface area (Å²) >= 11 is 3.09. The molecule has 0 spiro atoms. The van der Waals surface area contributed by atoms with Crippen molar-refractivity contribution in [3.05, 3.63) is 59.8 Å². The van der Waals surface area contributed by atoms with E-state index in [1.165, 1.54) is 6.20 Å². The summed E-state index contributed by atoms with van der Waals surface area (Å²) in [4.78, 5) is 27.0. The number of carbonyl (C=O) groups excluding carboxylic acids is 2. The van der Waals surface area contributed by atoms with Crippen molar-refractivity contribution < 1.29 is 14.3 Å². The number of pyridine rings is 1. The predicted molar refractivity (Wildman–Crippen MR) is 82.6 cm³/mol. The van der Waals surface area contributed by atoms with E-state index in [-0.39, 0.29) is 17.7 Å². The third-order valence-electron chi connectivity index (χ3n) is 2.65. The first-order valence-corrected chi connectivity index (χ1v) is 7.34. The number of carbonyl (C=O) groups is 2. The number of halogens is 1. The molecule has 1 N–H and O–H groups in total. The second-order valence-electron chi connectivity index (χ2n) is 4.18. The van der Waals surface area contributed by atoms with E-state index in [0.29, 0.717) is 11.4 Å². The van der Waals surface area contributed by atoms with E-state index in [4.69, 9.17) is 4.74 Å². The summed E-state index contributed by atoms with van der Waals surface area (Å²) in [6, 6.07) is 12.5. The number of ether oxygens (including phenoxy) is 1. The summed E-state index contributed by atoms with van der Waals surface area (Å²) in [5.41, 5.74) is 1.38. The van der Waals surface area contributed by atoms with E-state index >= 15 is 0 Å². The maximum atomic E-state index is 11.6. The fraction of sp³-hybridized carbons (Fsp3) is 0.133. The largest absolute Gasteiger partial charge is 0.444 e. The molecule has 6 heteroatoms. The van der Waals surface area contributed by atoms with Crippen LogP contribution >= 0.6 is 15.9 Å². The van der Waals surface area contributed by atoms with Gasteiger partial charge in [-0.1, -0.05) is 46.3 Å². The maximum Gasteiger partial charge on any atom is 0.413 e. The molecule has 2 aromatic rings. The fourth-order valence-electron chi connectivity index (χ4n) is 1.57. The van der Waals surface area contributed by atoms with Crippen LogP contribution in [0, 0.1) is 0 Å². The van der Waals surface area contributed by atoms with Crippen LogP contribution in [0.3, 0.4) is 0 Å². The normalized spacial score (nSPS) is 9.95. The average Bonchev–Trinajstić information content (AvgIpc) is 2.54. The van der Waals surface area contributed by atoms with Crippen molar-refractivity contribution in [3.63, 3.8) is 0 Å². The van der Waals surface area contributed by atoms with Gasteiger partial charge in [0.25, 0.3) is 0 Å². The third kappa shape index (κ3) is 4.68. The van der Waals surface area contributed by atoms with Crippen molar-refractivity contribution >= 4 is 33.6 Å². The summed E-state index contributed by atoms with van der Waals surface area (Å²) in [5, 5.41) is 2.74. The van der Waals surface area contributed by atoms with E-state index in [1.807, 2.05) is 30.3 Å². The molecule has 1 aromatic heterocycles. The van der Waals surface area contributed by atoms with Gasteiger partial charge in [0.1, 0.15) is 12.4 Å². The maximum absolute atomic E-state index is 11.6. The van der Waals surface area contributed by atoms with Crippen molar-refractivity contribution in [1.29, 1.82) is 0 Å². The van der Waals surface area contributed by atoms with Crippen molar-refractivity contribution in [1.82, 2.24) is 4.98 Å². The van der Waals surface area contributed by atoms with Gasteiger partial charge in [-0.15, -0.1) is 0 Å². The summed E-state index contributed by atoms with van der Waals surface area (Å²) in [5.74, 6) is 0.264. The Morgan fingerprint density at radius 2 is 1.90 bits per heavy atom. The van der Waals surface area contributed by atoms with Crippen LogP contribution in [0.2, 0.25) is 0 Å². The van der Waals surface area contributed by atoms with Crippen LogP contribution in [-0.2, 0) is 11.3 Å². The Labute approximate surface area is 130 Å². The minimum absolute atomic E-state index is 0.0688. The molecule has 1 heterocycles. The molecule has 0 aliphatic rings. The Morgan fingerprint density at radius 3 is 2.52 bits per heavy atom. The summed E-state index contributed by atoms with van der Waals surface area (Å²) < 4.78 is 5.07. The van der Waals surface area contributed by atoms with Gasteiger partial charge in [-0.25, -0.2) is 9.78 Å². The molecule has 1 aromatic carbocycles. The van der Waals surface area contributed by atoms with Gasteiger partial charge in [0, 0.05) is 11.8 Å². The quantitative estimate of drug-likeness (QED) is 0.664. The number of nitrogens with zero attached hydrogens (tertiary/aromatic N) is 1. The summed E-state index contributed by atoms with van der Waals surface area (Å²) in [6.07, 6.45) is 0.821. The van der Waals surface area contributed by atoms with Gasteiger partial charge in [0.05, 0.1) is 5.33 Å². The molecular formula is C15H13BrN2O3. The number of rotatable bonds is 5. The van der Waals surface area contributed by atoms with Gasteiger partial charge in [-0.05, 0) is 17.7 Å². The molecular weight excluding hydrogens is 336 g/mol. The molecule has 2 rings (SSSR count). The van der Waals surface area contributed by atoms with Crippen molar-refractivity contribution in [2.75, 3.05) is 10.6 Å². The molecule has 0 aliphatic carbocycles. The minimum atomic E-state index is -0.592. The number of benzene rings is 1. The molecule has 0 unspecified atom stereocenters. The second kappa shape index (κ2) is 7.54. The zero-order chi connectivity index (χ0) is 15.1. The lowest BCUT2D eigenvalue weighted by Crippen LogP contribution is -2.14. The van der Waals surface area contributed by atoms with Gasteiger partial charge in [0.15, 0.2) is 5.78 Å². The number of alkyl halides is 1. The highest BCUT2D eigenvalue weighted by atomic mass is 79.9. The molecule has 0 saturated carbocycles. The number of Topliss-reactive ketones (excluding diaryl/α,β-unsaturated/α-hetero) is 1. The number of hydrogen-bond donors (Lipinski definition) is 1. The Balaban J connectivity index is 1.86. The van der Waals surface area contributed by atoms with Crippen LogP contribution in [0.1, 0.15) is 15.9 Å². The van der Waals surface area contributed by atoms with E-state index in [1.54, 1.807) is 12.1 Å². The molecule has 0 saturated heterocycles. The number of aromatic nitrogens is 1. The number of nitrogens with one attached hydrogen (secondary N) is 1. The van der Waals surface area contributed by atoms with Crippen molar-refractivity contribution in [3.8, 4) is 0 Å². The molecule has 0 fully saturated rings. The van der Waals surface area contributed by atoms with Gasteiger partial charge in [-0.3, -0.25) is 10.1 Å². The fourth-order valence-corrected chi connectivity index (χ4v) is 1.90. The number of ketones is 1. The highest BCUT2D eigenvalue weighted by molar-refractivity contribution is 9.09. The van der Waals surface area contributed by atoms with Crippen LogP contribution in [0.15, 0.2) is 48.7 Å². The first-order chi connectivity index (χ1) is 10.2. The summed E-state index contributed by atoms with van der Waals surface area (Å²) in [7, 11) is 0. The highest BCUT2D eigenvalue weighted by Crippen LogP contribution is 2.08. The third-order valence-corrected chi connectivity index (χ3v) is 3.16. The molecule has 0 radical (unpaired) electrons. The second-order valence-corrected chi connectivity index (χ2v) is 4.74. The molecule has 5 nitrogen and oxygen atoms in total. The van der Waals surface area contributed by atoms with Crippen LogP contribution < -0.4 is 5.32 Å². The number of amides is 1. The Hall–Kier alpha value is -2.21. The lowest BCUT2D eigenvalue weighted by molar-refractivity contribution is 0.102. The zero-order valence-electron chi connectivity index (χ0n) is 11.1.